The largest absolute Gasteiger partial charge is 0.494 e. The molecule has 0 aliphatic heterocycles. The quantitative estimate of drug-likeness (QED) is 0.103. The van der Waals surface area contributed by atoms with Gasteiger partial charge in [0.2, 0.25) is 5.91 Å². The van der Waals surface area contributed by atoms with Crippen LogP contribution in [0.2, 0.25) is 0 Å². The van der Waals surface area contributed by atoms with E-state index in [-0.39, 0.29) is 23.5 Å². The molecule has 232 valence electrons. The van der Waals surface area contributed by atoms with E-state index >= 15 is 0 Å². The lowest BCUT2D eigenvalue weighted by atomic mass is 9.79. The van der Waals surface area contributed by atoms with Crippen molar-refractivity contribution in [2.75, 3.05) is 18.5 Å². The van der Waals surface area contributed by atoms with Crippen molar-refractivity contribution in [1.82, 2.24) is 5.32 Å². The molecule has 0 spiro atoms. The number of carbonyl (C=O) groups is 3. The zero-order valence-corrected chi connectivity index (χ0v) is 25.4. The third kappa shape index (κ3) is 8.38. The Labute approximate surface area is 264 Å². The highest BCUT2D eigenvalue weighted by Crippen LogP contribution is 2.41. The smallest absolute Gasteiger partial charge is 0.326 e. The molecule has 0 bridgehead atoms. The van der Waals surface area contributed by atoms with Gasteiger partial charge < -0.3 is 20.5 Å². The van der Waals surface area contributed by atoms with Crippen LogP contribution in [0.3, 0.4) is 0 Å². The van der Waals surface area contributed by atoms with Crippen molar-refractivity contribution >= 4 is 23.3 Å². The van der Waals surface area contributed by atoms with Crippen LogP contribution < -0.4 is 15.4 Å². The first-order valence-electron chi connectivity index (χ1n) is 15.7. The number of carboxylic acid groups (broad SMARTS) is 1. The predicted octanol–water partition coefficient (Wildman–Crippen LogP) is 6.71. The van der Waals surface area contributed by atoms with Crippen molar-refractivity contribution in [3.63, 3.8) is 0 Å². The highest BCUT2D eigenvalue weighted by atomic mass is 16.5. The minimum absolute atomic E-state index is 0.141. The van der Waals surface area contributed by atoms with E-state index in [2.05, 4.69) is 22.8 Å². The van der Waals surface area contributed by atoms with Gasteiger partial charge in [-0.05, 0) is 61.1 Å². The second kappa shape index (κ2) is 15.2. The molecule has 7 nitrogen and oxygen atoms in total. The number of anilines is 1. The number of aliphatic carboxylic acids is 1. The number of para-hydroxylation sites is 1. The monoisotopic (exact) mass is 604 g/mol. The maximum Gasteiger partial charge on any atom is 0.326 e. The molecule has 3 N–H and O–H groups in total. The Bertz CT molecular complexity index is 1570. The Morgan fingerprint density at radius 3 is 2.11 bits per heavy atom. The summed E-state index contributed by atoms with van der Waals surface area (Å²) in [5.74, 6) is -0.362. The Morgan fingerprint density at radius 1 is 0.778 bits per heavy atom. The van der Waals surface area contributed by atoms with E-state index in [0.717, 1.165) is 37.7 Å². The van der Waals surface area contributed by atoms with Crippen LogP contribution in [0.15, 0.2) is 109 Å². The van der Waals surface area contributed by atoms with E-state index < -0.39 is 12.0 Å². The number of hydrogen-bond donors (Lipinski definition) is 3. The van der Waals surface area contributed by atoms with Crippen LogP contribution in [0.5, 0.6) is 5.75 Å². The molecule has 45 heavy (non-hydrogen) atoms. The number of ether oxygens (including phenoxy) is 1. The molecule has 4 aromatic rings. The maximum atomic E-state index is 13.2. The number of carbonyl (C=O) groups excluding carboxylic acids is 2. The number of hydrogen-bond acceptors (Lipinski definition) is 5. The summed E-state index contributed by atoms with van der Waals surface area (Å²) in [6, 6.07) is 32.6. The van der Waals surface area contributed by atoms with Gasteiger partial charge in [-0.25, -0.2) is 4.79 Å². The summed E-state index contributed by atoms with van der Waals surface area (Å²) in [5.41, 5.74) is 3.14. The molecule has 1 fully saturated rings. The lowest BCUT2D eigenvalue weighted by molar-refractivity contribution is -0.138. The number of amides is 1. The van der Waals surface area contributed by atoms with Crippen molar-refractivity contribution < 1.29 is 24.2 Å². The third-order valence-corrected chi connectivity index (χ3v) is 8.50. The molecule has 1 amide bonds. The van der Waals surface area contributed by atoms with Crippen LogP contribution in [0.25, 0.3) is 0 Å². The van der Waals surface area contributed by atoms with Crippen LogP contribution in [0.1, 0.15) is 59.2 Å². The highest BCUT2D eigenvalue weighted by molar-refractivity contribution is 6.12. The lowest BCUT2D eigenvalue weighted by Gasteiger charge is -2.28. The number of carboxylic acids is 1. The third-order valence-electron chi connectivity index (χ3n) is 8.50. The molecule has 7 heteroatoms. The number of rotatable bonds is 15. The molecule has 1 saturated carbocycles. The van der Waals surface area contributed by atoms with Crippen LogP contribution in [0.4, 0.5) is 5.69 Å². The van der Waals surface area contributed by atoms with Gasteiger partial charge in [0.25, 0.3) is 0 Å². The van der Waals surface area contributed by atoms with Crippen LogP contribution in [-0.4, -0.2) is 42.0 Å². The highest BCUT2D eigenvalue weighted by Gasteiger charge is 2.40. The first-order chi connectivity index (χ1) is 21.9. The van der Waals surface area contributed by atoms with E-state index in [1.807, 2.05) is 48.5 Å². The Morgan fingerprint density at radius 2 is 1.42 bits per heavy atom. The Kier molecular flexibility index (Phi) is 10.6. The van der Waals surface area contributed by atoms with Crippen molar-refractivity contribution in [2.24, 2.45) is 5.41 Å². The first-order valence-corrected chi connectivity index (χ1v) is 15.7. The number of nitrogens with one attached hydrogen (secondary N) is 2. The fourth-order valence-corrected chi connectivity index (χ4v) is 6.07. The normalized spacial score (nSPS) is 14.3. The standard InChI is InChI=1S/C38H40N2O5/c41-35(30-14-5-2-6-15-30)32-16-7-8-17-33(32)40-34(36(42)43)26-28-18-20-31(21-19-28)45-25-11-24-39-37(44)38(22-9-10-23-38)27-29-12-3-1-4-13-29/h1-8,12-21,34,40H,9-11,22-27H2,(H,39,44)(H,42,43)/t34-/m0/s1. The zero-order chi connectivity index (χ0) is 31.5. The lowest BCUT2D eigenvalue weighted by Crippen LogP contribution is -2.41. The van der Waals surface area contributed by atoms with Gasteiger partial charge in [0, 0.05) is 29.8 Å². The van der Waals surface area contributed by atoms with Gasteiger partial charge in [0.1, 0.15) is 11.8 Å². The molecular formula is C38H40N2O5. The van der Waals surface area contributed by atoms with Gasteiger partial charge in [0.15, 0.2) is 5.78 Å². The summed E-state index contributed by atoms with van der Waals surface area (Å²) in [5, 5.41) is 16.2. The van der Waals surface area contributed by atoms with Crippen LogP contribution >= 0.6 is 0 Å². The van der Waals surface area contributed by atoms with E-state index in [1.165, 1.54) is 5.56 Å². The summed E-state index contributed by atoms with van der Waals surface area (Å²) < 4.78 is 5.90. The molecule has 4 aromatic carbocycles. The Balaban J connectivity index is 1.10. The molecule has 1 aliphatic rings. The molecule has 1 atom stereocenters. The van der Waals surface area contributed by atoms with Gasteiger partial charge in [0.05, 0.1) is 12.0 Å². The SMILES string of the molecule is O=C(c1ccccc1)c1ccccc1N[C@@H](Cc1ccc(OCCCNC(=O)C2(Cc3ccccc3)CCCC2)cc1)C(=O)O. The molecule has 0 heterocycles. The van der Waals surface area contributed by atoms with Crippen LogP contribution in [-0.2, 0) is 22.4 Å². The van der Waals surface area contributed by atoms with Gasteiger partial charge >= 0.3 is 5.97 Å². The topological polar surface area (TPSA) is 105 Å². The van der Waals surface area contributed by atoms with E-state index in [4.69, 9.17) is 4.74 Å². The molecule has 0 unspecified atom stereocenters. The van der Waals surface area contributed by atoms with E-state index in [9.17, 15) is 19.5 Å². The summed E-state index contributed by atoms with van der Waals surface area (Å²) in [6.07, 6.45) is 5.70. The molecule has 0 radical (unpaired) electrons. The summed E-state index contributed by atoms with van der Waals surface area (Å²) in [7, 11) is 0. The fourth-order valence-electron chi connectivity index (χ4n) is 6.07. The second-order valence-electron chi connectivity index (χ2n) is 11.7. The average Bonchev–Trinajstić information content (AvgIpc) is 3.55. The number of ketones is 1. The van der Waals surface area contributed by atoms with Gasteiger partial charge in [-0.3, -0.25) is 9.59 Å². The summed E-state index contributed by atoms with van der Waals surface area (Å²) in [4.78, 5) is 38.5. The van der Waals surface area contributed by atoms with Crippen LogP contribution in [0, 0.1) is 5.41 Å². The van der Waals surface area contributed by atoms with Crippen molar-refractivity contribution in [2.45, 2.75) is 51.0 Å². The first kappa shape index (κ1) is 31.5. The van der Waals surface area contributed by atoms with Crippen molar-refractivity contribution in [1.29, 1.82) is 0 Å². The second-order valence-corrected chi connectivity index (χ2v) is 11.7. The molecular weight excluding hydrogens is 564 g/mol. The fraction of sp³-hybridized carbons (Fsp3) is 0.289. The van der Waals surface area contributed by atoms with Gasteiger partial charge in [-0.15, -0.1) is 0 Å². The summed E-state index contributed by atoms with van der Waals surface area (Å²) in [6.45, 7) is 1.00. The average molecular weight is 605 g/mol. The Hall–Kier alpha value is -4.91. The molecule has 5 rings (SSSR count). The van der Waals surface area contributed by atoms with Gasteiger partial charge in [-0.2, -0.15) is 0 Å². The van der Waals surface area contributed by atoms with E-state index in [1.54, 1.807) is 48.5 Å². The molecule has 1 aliphatic carbocycles. The number of benzene rings is 4. The van der Waals surface area contributed by atoms with Crippen molar-refractivity contribution in [3.8, 4) is 5.75 Å². The molecule has 0 saturated heterocycles. The predicted molar refractivity (Wildman–Crippen MR) is 176 cm³/mol. The summed E-state index contributed by atoms with van der Waals surface area (Å²) >= 11 is 0. The minimum atomic E-state index is -1.01. The zero-order valence-electron chi connectivity index (χ0n) is 25.4. The van der Waals surface area contributed by atoms with E-state index in [0.29, 0.717) is 42.1 Å². The molecule has 0 aromatic heterocycles. The minimum Gasteiger partial charge on any atom is -0.494 e. The maximum absolute atomic E-state index is 13.2. The van der Waals surface area contributed by atoms with Gasteiger partial charge in [-0.1, -0.05) is 97.8 Å². The van der Waals surface area contributed by atoms with Crippen molar-refractivity contribution in [3.05, 3.63) is 131 Å².